The highest BCUT2D eigenvalue weighted by Crippen LogP contribution is 2.32. The van der Waals surface area contributed by atoms with Crippen molar-refractivity contribution < 1.29 is 24.2 Å². The molecule has 0 heterocycles. The van der Waals surface area contributed by atoms with E-state index in [1.54, 1.807) is 30.3 Å². The minimum Gasteiger partial charge on any atom is -0.493 e. The zero-order valence-corrected chi connectivity index (χ0v) is 14.5. The molecule has 0 bridgehead atoms. The lowest BCUT2D eigenvalue weighted by atomic mass is 10.1. The summed E-state index contributed by atoms with van der Waals surface area (Å²) < 4.78 is 11.3. The smallest absolute Gasteiger partial charge is 0.335 e. The maximum atomic E-state index is 12.5. The van der Waals surface area contributed by atoms with Gasteiger partial charge < -0.3 is 19.9 Å². The minimum atomic E-state index is -1.05. The van der Waals surface area contributed by atoms with Gasteiger partial charge in [0, 0.05) is 11.3 Å². The number of nitrogens with one attached hydrogen (secondary N) is 1. The number of carboxylic acids is 1. The lowest BCUT2D eigenvalue weighted by molar-refractivity contribution is 0.0696. The summed E-state index contributed by atoms with van der Waals surface area (Å²) in [6.07, 6.45) is 4.60. The van der Waals surface area contributed by atoms with Crippen LogP contribution >= 0.6 is 0 Å². The Hall–Kier alpha value is -3.02. The van der Waals surface area contributed by atoms with Crippen LogP contribution in [0.1, 0.15) is 46.4 Å². The molecule has 26 heavy (non-hydrogen) atoms. The van der Waals surface area contributed by atoms with Crippen molar-refractivity contribution in [2.75, 3.05) is 12.4 Å². The molecule has 0 radical (unpaired) electrons. The van der Waals surface area contributed by atoms with Crippen LogP contribution < -0.4 is 14.8 Å². The van der Waals surface area contributed by atoms with Gasteiger partial charge in [-0.15, -0.1) is 0 Å². The van der Waals surface area contributed by atoms with Crippen LogP contribution in [0.25, 0.3) is 0 Å². The van der Waals surface area contributed by atoms with E-state index in [0.29, 0.717) is 22.7 Å². The molecule has 1 saturated carbocycles. The van der Waals surface area contributed by atoms with Gasteiger partial charge in [-0.3, -0.25) is 4.79 Å². The zero-order chi connectivity index (χ0) is 18.5. The molecule has 1 fully saturated rings. The third-order valence-electron chi connectivity index (χ3n) is 4.39. The van der Waals surface area contributed by atoms with Gasteiger partial charge in [-0.1, -0.05) is 6.07 Å². The summed E-state index contributed by atoms with van der Waals surface area (Å²) in [5.41, 5.74) is 0.933. The van der Waals surface area contributed by atoms with Crippen LogP contribution in [0.4, 0.5) is 5.69 Å². The molecule has 0 aliphatic heterocycles. The van der Waals surface area contributed by atoms with Crippen LogP contribution in [-0.4, -0.2) is 30.2 Å². The van der Waals surface area contributed by atoms with E-state index in [4.69, 9.17) is 14.6 Å². The fourth-order valence-corrected chi connectivity index (χ4v) is 3.03. The van der Waals surface area contributed by atoms with Crippen molar-refractivity contribution in [3.63, 3.8) is 0 Å². The highest BCUT2D eigenvalue weighted by molar-refractivity contribution is 6.05. The van der Waals surface area contributed by atoms with Gasteiger partial charge in [-0.2, -0.15) is 0 Å². The molecule has 0 aromatic heterocycles. The second kappa shape index (κ2) is 7.91. The Labute approximate surface area is 151 Å². The topological polar surface area (TPSA) is 84.9 Å². The zero-order valence-electron chi connectivity index (χ0n) is 14.5. The Morgan fingerprint density at radius 2 is 1.81 bits per heavy atom. The number of ether oxygens (including phenoxy) is 2. The van der Waals surface area contributed by atoms with Gasteiger partial charge in [-0.05, 0) is 62.1 Å². The highest BCUT2D eigenvalue weighted by Gasteiger charge is 2.19. The van der Waals surface area contributed by atoms with E-state index in [1.807, 2.05) is 0 Å². The van der Waals surface area contributed by atoms with Crippen LogP contribution in [0.3, 0.4) is 0 Å². The number of rotatable bonds is 6. The Morgan fingerprint density at radius 3 is 2.50 bits per heavy atom. The predicted molar refractivity (Wildman–Crippen MR) is 97.2 cm³/mol. The van der Waals surface area contributed by atoms with E-state index in [2.05, 4.69) is 5.32 Å². The molecule has 6 nitrogen and oxygen atoms in total. The maximum absolute atomic E-state index is 12.5. The number of aromatic carboxylic acids is 1. The molecule has 1 aliphatic carbocycles. The van der Waals surface area contributed by atoms with E-state index < -0.39 is 5.97 Å². The van der Waals surface area contributed by atoms with Gasteiger partial charge in [0.05, 0.1) is 18.8 Å². The number of anilines is 1. The summed E-state index contributed by atoms with van der Waals surface area (Å²) >= 11 is 0. The van der Waals surface area contributed by atoms with Crippen LogP contribution in [0, 0.1) is 0 Å². The summed E-state index contributed by atoms with van der Waals surface area (Å²) in [5.74, 6) is -0.262. The maximum Gasteiger partial charge on any atom is 0.335 e. The van der Waals surface area contributed by atoms with E-state index in [0.717, 1.165) is 12.8 Å². The molecule has 1 amide bonds. The number of hydrogen-bond donors (Lipinski definition) is 2. The van der Waals surface area contributed by atoms with Crippen LogP contribution in [0.15, 0.2) is 42.5 Å². The molecular formula is C20H21NO5. The third-order valence-corrected chi connectivity index (χ3v) is 4.39. The number of carbonyl (C=O) groups is 2. The van der Waals surface area contributed by atoms with Crippen LogP contribution in [-0.2, 0) is 0 Å². The average Bonchev–Trinajstić information content (AvgIpc) is 3.15. The second-order valence-electron chi connectivity index (χ2n) is 6.23. The Kier molecular flexibility index (Phi) is 5.41. The number of carboxylic acid groups (broad SMARTS) is 1. The second-order valence-corrected chi connectivity index (χ2v) is 6.23. The van der Waals surface area contributed by atoms with Gasteiger partial charge in [0.15, 0.2) is 11.5 Å². The molecule has 3 rings (SSSR count). The predicted octanol–water partition coefficient (Wildman–Crippen LogP) is 3.97. The van der Waals surface area contributed by atoms with Crippen molar-refractivity contribution in [2.45, 2.75) is 31.8 Å². The van der Waals surface area contributed by atoms with Crippen molar-refractivity contribution >= 4 is 17.6 Å². The molecule has 0 atom stereocenters. The van der Waals surface area contributed by atoms with E-state index in [-0.39, 0.29) is 17.6 Å². The standard InChI is InChI=1S/C20H21NO5/c1-25-18-12-13(9-10-17(18)26-16-7-2-3-8-16)19(22)21-15-6-4-5-14(11-15)20(23)24/h4-6,9-12,16H,2-3,7-8H2,1H3,(H,21,22)(H,23,24). The van der Waals surface area contributed by atoms with E-state index in [1.165, 1.54) is 32.1 Å². The highest BCUT2D eigenvalue weighted by atomic mass is 16.5. The SMILES string of the molecule is COc1cc(C(=O)Nc2cccc(C(=O)O)c2)ccc1OC1CCCC1. The van der Waals surface area contributed by atoms with Crippen molar-refractivity contribution in [3.8, 4) is 11.5 Å². The van der Waals surface area contributed by atoms with Gasteiger partial charge in [-0.25, -0.2) is 4.79 Å². The fraction of sp³-hybridized carbons (Fsp3) is 0.300. The molecule has 1 aliphatic rings. The molecule has 0 saturated heterocycles. The van der Waals surface area contributed by atoms with Crippen LogP contribution in [0.5, 0.6) is 11.5 Å². The van der Waals surface area contributed by atoms with Crippen molar-refractivity contribution in [3.05, 3.63) is 53.6 Å². The number of methoxy groups -OCH3 is 1. The molecule has 0 spiro atoms. The molecule has 2 aromatic carbocycles. The minimum absolute atomic E-state index is 0.112. The first-order valence-electron chi connectivity index (χ1n) is 8.56. The van der Waals surface area contributed by atoms with Gasteiger partial charge in [0.1, 0.15) is 0 Å². The Bertz CT molecular complexity index is 812. The van der Waals surface area contributed by atoms with Gasteiger partial charge >= 0.3 is 5.97 Å². The Balaban J connectivity index is 1.74. The van der Waals surface area contributed by atoms with Crippen LogP contribution in [0.2, 0.25) is 0 Å². The first-order valence-corrected chi connectivity index (χ1v) is 8.56. The molecule has 2 aromatic rings. The normalized spacial score (nSPS) is 14.0. The van der Waals surface area contributed by atoms with Crippen molar-refractivity contribution in [2.24, 2.45) is 0 Å². The summed E-state index contributed by atoms with van der Waals surface area (Å²) in [7, 11) is 1.54. The van der Waals surface area contributed by atoms with E-state index >= 15 is 0 Å². The summed E-state index contributed by atoms with van der Waals surface area (Å²) in [6.45, 7) is 0. The molecule has 0 unspecified atom stereocenters. The largest absolute Gasteiger partial charge is 0.493 e. The lowest BCUT2D eigenvalue weighted by Crippen LogP contribution is -2.14. The van der Waals surface area contributed by atoms with Crippen molar-refractivity contribution in [1.82, 2.24) is 0 Å². The average molecular weight is 355 g/mol. The fourth-order valence-electron chi connectivity index (χ4n) is 3.03. The summed E-state index contributed by atoms with van der Waals surface area (Å²) in [5, 5.41) is 11.7. The summed E-state index contributed by atoms with van der Waals surface area (Å²) in [4.78, 5) is 23.5. The quantitative estimate of drug-likeness (QED) is 0.819. The first kappa shape index (κ1) is 17.8. The summed E-state index contributed by atoms with van der Waals surface area (Å²) in [6, 6.07) is 11.1. The van der Waals surface area contributed by atoms with Gasteiger partial charge in [0.25, 0.3) is 5.91 Å². The Morgan fingerprint density at radius 1 is 1.04 bits per heavy atom. The molecule has 2 N–H and O–H groups in total. The van der Waals surface area contributed by atoms with Gasteiger partial charge in [0.2, 0.25) is 0 Å². The third kappa shape index (κ3) is 4.14. The number of carbonyl (C=O) groups excluding carboxylic acids is 1. The lowest BCUT2D eigenvalue weighted by Gasteiger charge is -2.16. The van der Waals surface area contributed by atoms with Crippen molar-refractivity contribution in [1.29, 1.82) is 0 Å². The molecule has 136 valence electrons. The number of amides is 1. The number of hydrogen-bond acceptors (Lipinski definition) is 4. The first-order chi connectivity index (χ1) is 12.6. The van der Waals surface area contributed by atoms with E-state index in [9.17, 15) is 9.59 Å². The number of benzene rings is 2. The monoisotopic (exact) mass is 355 g/mol. The molecule has 6 heteroatoms. The molecular weight excluding hydrogens is 334 g/mol.